The number of rotatable bonds is 8. The number of hydrogen-bond acceptors (Lipinski definition) is 7. The van der Waals surface area contributed by atoms with Crippen LogP contribution in [-0.4, -0.2) is 53.8 Å². The van der Waals surface area contributed by atoms with E-state index in [0.717, 1.165) is 33.8 Å². The molecule has 0 radical (unpaired) electrons. The number of carboxylic acids is 1. The van der Waals surface area contributed by atoms with Crippen molar-refractivity contribution in [1.82, 2.24) is 9.69 Å². The lowest BCUT2D eigenvalue weighted by atomic mass is 9.98. The molecular formula is C24H23N3O6S. The molecule has 0 unspecified atom stereocenters. The number of nitrogens with one attached hydrogen (secondary N) is 2. The summed E-state index contributed by atoms with van der Waals surface area (Å²) in [5.41, 5.74) is 4.57. The minimum Gasteiger partial charge on any atom is -0.478 e. The number of hydrogen-bond donors (Lipinski definition) is 3. The summed E-state index contributed by atoms with van der Waals surface area (Å²) in [6.45, 7) is 1.51. The topological polar surface area (TPSA) is 127 Å². The predicted molar refractivity (Wildman–Crippen MR) is 126 cm³/mol. The zero-order valence-corrected chi connectivity index (χ0v) is 19.3. The van der Waals surface area contributed by atoms with Gasteiger partial charge in [-0.2, -0.15) is 4.37 Å². The molecule has 1 atom stereocenters. The van der Waals surface area contributed by atoms with Crippen LogP contribution in [0.5, 0.6) is 0 Å². The third-order valence-corrected chi connectivity index (χ3v) is 6.45. The largest absolute Gasteiger partial charge is 0.478 e. The van der Waals surface area contributed by atoms with Crippen molar-refractivity contribution in [2.75, 3.05) is 25.6 Å². The highest BCUT2D eigenvalue weighted by atomic mass is 32.1. The number of aromatic nitrogens is 1. The minimum atomic E-state index is -1.20. The molecule has 3 aromatic rings. The molecule has 2 amide bonds. The quantitative estimate of drug-likeness (QED) is 0.448. The van der Waals surface area contributed by atoms with Crippen LogP contribution < -0.4 is 10.6 Å². The van der Waals surface area contributed by atoms with Crippen molar-refractivity contribution in [2.45, 2.75) is 18.9 Å². The average molecular weight is 482 g/mol. The van der Waals surface area contributed by atoms with Crippen molar-refractivity contribution < 1.29 is 29.0 Å². The van der Waals surface area contributed by atoms with Gasteiger partial charge in [0.15, 0.2) is 0 Å². The fourth-order valence-corrected chi connectivity index (χ4v) is 4.83. The van der Waals surface area contributed by atoms with Crippen molar-refractivity contribution in [3.05, 3.63) is 70.9 Å². The van der Waals surface area contributed by atoms with Gasteiger partial charge in [-0.1, -0.05) is 48.5 Å². The number of benzene rings is 2. The number of methoxy groups -OCH3 is 1. The predicted octanol–water partition coefficient (Wildman–Crippen LogP) is 3.64. The minimum absolute atomic E-state index is 0.0874. The maximum absolute atomic E-state index is 12.7. The summed E-state index contributed by atoms with van der Waals surface area (Å²) in [4.78, 5) is 36.8. The second-order valence-corrected chi connectivity index (χ2v) is 8.52. The molecule has 0 spiro atoms. The summed E-state index contributed by atoms with van der Waals surface area (Å²) >= 11 is 0.854. The first-order chi connectivity index (χ1) is 16.4. The van der Waals surface area contributed by atoms with E-state index in [-0.39, 0.29) is 29.7 Å². The number of anilines is 1. The Morgan fingerprint density at radius 3 is 2.29 bits per heavy atom. The number of amides is 2. The van der Waals surface area contributed by atoms with Crippen molar-refractivity contribution >= 4 is 34.5 Å². The fourth-order valence-electron chi connectivity index (χ4n) is 4.04. The number of carboxylic acid groups (broad SMARTS) is 1. The first-order valence-electron chi connectivity index (χ1n) is 10.5. The number of nitrogens with zero attached hydrogens (tertiary/aromatic N) is 1. The highest BCUT2D eigenvalue weighted by Crippen LogP contribution is 2.44. The first kappa shape index (κ1) is 23.4. The second-order valence-electron chi connectivity index (χ2n) is 7.74. The van der Waals surface area contributed by atoms with Crippen LogP contribution in [0, 0.1) is 6.92 Å². The molecule has 3 N–H and O–H groups in total. The van der Waals surface area contributed by atoms with Crippen molar-refractivity contribution in [1.29, 1.82) is 0 Å². The van der Waals surface area contributed by atoms with Gasteiger partial charge in [-0.3, -0.25) is 4.79 Å². The van der Waals surface area contributed by atoms with Crippen LogP contribution in [0.4, 0.5) is 9.80 Å². The molecule has 9 nitrogen and oxygen atoms in total. The van der Waals surface area contributed by atoms with E-state index in [1.165, 1.54) is 14.0 Å². The number of ether oxygens (including phenoxy) is 2. The van der Waals surface area contributed by atoms with E-state index in [1.807, 2.05) is 48.5 Å². The normalized spacial score (nSPS) is 13.0. The molecule has 0 aliphatic heterocycles. The zero-order valence-electron chi connectivity index (χ0n) is 18.5. The molecular weight excluding hydrogens is 458 g/mol. The van der Waals surface area contributed by atoms with E-state index in [0.29, 0.717) is 5.69 Å². The van der Waals surface area contributed by atoms with Gasteiger partial charge in [0.25, 0.3) is 0 Å². The van der Waals surface area contributed by atoms with Gasteiger partial charge in [0.05, 0.1) is 12.3 Å². The molecule has 2 aromatic carbocycles. The molecule has 176 valence electrons. The number of carbonyl (C=O) groups excluding carboxylic acids is 2. The molecule has 4 rings (SSSR count). The van der Waals surface area contributed by atoms with Crippen LogP contribution in [0.2, 0.25) is 0 Å². The molecule has 0 saturated carbocycles. The van der Waals surface area contributed by atoms with Gasteiger partial charge in [0, 0.05) is 13.0 Å². The van der Waals surface area contributed by atoms with Crippen LogP contribution in [-0.2, 0) is 14.3 Å². The van der Waals surface area contributed by atoms with E-state index >= 15 is 0 Å². The molecule has 0 fully saturated rings. The molecule has 10 heteroatoms. The maximum atomic E-state index is 12.7. The number of alkyl carbamates (subject to hydrolysis) is 1. The third kappa shape index (κ3) is 4.63. The Labute approximate surface area is 199 Å². The summed E-state index contributed by atoms with van der Waals surface area (Å²) < 4.78 is 14.5. The van der Waals surface area contributed by atoms with Gasteiger partial charge in [-0.05, 0) is 40.7 Å². The maximum Gasteiger partial charge on any atom is 0.407 e. The Bertz CT molecular complexity index is 1200. The molecule has 0 saturated heterocycles. The number of aromatic carboxylic acids is 1. The fraction of sp³-hybridized carbons (Fsp3) is 0.250. The summed E-state index contributed by atoms with van der Waals surface area (Å²) in [7, 11) is 1.39. The van der Waals surface area contributed by atoms with Crippen molar-refractivity contribution in [2.24, 2.45) is 0 Å². The van der Waals surface area contributed by atoms with Crippen LogP contribution in [0.1, 0.15) is 33.1 Å². The van der Waals surface area contributed by atoms with Gasteiger partial charge in [0.2, 0.25) is 5.91 Å². The Kier molecular flexibility index (Phi) is 6.90. The number of aryl methyl sites for hydroxylation is 1. The number of carbonyl (C=O) groups is 3. The Morgan fingerprint density at radius 2 is 1.71 bits per heavy atom. The smallest absolute Gasteiger partial charge is 0.407 e. The van der Waals surface area contributed by atoms with Gasteiger partial charge in [-0.15, -0.1) is 0 Å². The zero-order chi connectivity index (χ0) is 24.2. The molecule has 1 aliphatic rings. The summed E-state index contributed by atoms with van der Waals surface area (Å²) in [5.74, 6) is -1.96. The highest BCUT2D eigenvalue weighted by Gasteiger charge is 2.30. The van der Waals surface area contributed by atoms with E-state index < -0.39 is 24.0 Å². The van der Waals surface area contributed by atoms with E-state index in [9.17, 15) is 19.5 Å². The Hall–Kier alpha value is -3.76. The highest BCUT2D eigenvalue weighted by molar-refractivity contribution is 7.11. The third-order valence-electron chi connectivity index (χ3n) is 5.60. The van der Waals surface area contributed by atoms with Crippen LogP contribution in [0.25, 0.3) is 11.1 Å². The second kappa shape index (κ2) is 10.0. The van der Waals surface area contributed by atoms with Gasteiger partial charge in [-0.25, -0.2) is 9.59 Å². The van der Waals surface area contributed by atoms with Crippen molar-refractivity contribution in [3.8, 4) is 11.1 Å². The van der Waals surface area contributed by atoms with Gasteiger partial charge in [0.1, 0.15) is 23.2 Å². The van der Waals surface area contributed by atoms with Crippen molar-refractivity contribution in [3.63, 3.8) is 0 Å². The van der Waals surface area contributed by atoms with Gasteiger partial charge >= 0.3 is 12.1 Å². The Balaban J connectivity index is 1.42. The SMILES string of the molecule is COC[C@H](NC(=O)OCC1c2ccccc2-c2ccccc21)C(=O)Nc1snc(C)c1C(=O)O. The molecule has 1 heterocycles. The summed E-state index contributed by atoms with van der Waals surface area (Å²) in [6.07, 6.45) is -0.780. The van der Waals surface area contributed by atoms with E-state index in [2.05, 4.69) is 15.0 Å². The lowest BCUT2D eigenvalue weighted by Gasteiger charge is -2.19. The first-order valence-corrected chi connectivity index (χ1v) is 11.3. The average Bonchev–Trinajstić information content (AvgIpc) is 3.35. The lowest BCUT2D eigenvalue weighted by Crippen LogP contribution is -2.47. The number of fused-ring (bicyclic) bond motifs is 3. The molecule has 34 heavy (non-hydrogen) atoms. The lowest BCUT2D eigenvalue weighted by molar-refractivity contribution is -0.119. The van der Waals surface area contributed by atoms with Crippen LogP contribution in [0.3, 0.4) is 0 Å². The molecule has 1 aromatic heterocycles. The van der Waals surface area contributed by atoms with Crippen LogP contribution >= 0.6 is 11.5 Å². The molecule has 1 aliphatic carbocycles. The molecule has 0 bridgehead atoms. The van der Waals surface area contributed by atoms with Crippen LogP contribution in [0.15, 0.2) is 48.5 Å². The van der Waals surface area contributed by atoms with E-state index in [4.69, 9.17) is 9.47 Å². The Morgan fingerprint density at radius 1 is 1.09 bits per heavy atom. The monoisotopic (exact) mass is 481 g/mol. The van der Waals surface area contributed by atoms with E-state index in [1.54, 1.807) is 0 Å². The summed E-state index contributed by atoms with van der Waals surface area (Å²) in [6, 6.07) is 14.9. The standard InChI is InChI=1S/C24H23N3O6S/c1-13-20(23(29)30)22(34-27-13)26-21(28)19(12-32-2)25-24(31)33-11-18-16-9-5-3-7-14(16)15-8-4-6-10-17(15)18/h3-10,18-19H,11-12H2,1-2H3,(H,25,31)(H,26,28)(H,29,30)/t19-/m0/s1. The summed E-state index contributed by atoms with van der Waals surface area (Å²) in [5, 5.41) is 14.5. The van der Waals surface area contributed by atoms with Gasteiger partial charge < -0.3 is 25.2 Å².